The van der Waals surface area contributed by atoms with Crippen LogP contribution in [0.1, 0.15) is 47.1 Å². The maximum Gasteiger partial charge on any atom is 0.407 e. The summed E-state index contributed by atoms with van der Waals surface area (Å²) in [5.74, 6) is 0.378. The molecule has 0 aliphatic rings. The summed E-state index contributed by atoms with van der Waals surface area (Å²) in [4.78, 5) is 28.4. The molecule has 0 fully saturated rings. The molecule has 0 radical (unpaired) electrons. The minimum absolute atomic E-state index is 0.154. The number of benzene rings is 2. The molecule has 1 aromatic heterocycles. The van der Waals surface area contributed by atoms with Crippen LogP contribution >= 0.6 is 11.3 Å². The Morgan fingerprint density at radius 1 is 1.00 bits per heavy atom. The third-order valence-corrected chi connectivity index (χ3v) is 5.76. The van der Waals surface area contributed by atoms with Crippen LogP contribution in [0.4, 0.5) is 4.79 Å². The average molecular weight is 481 g/mol. The molecule has 0 saturated carbocycles. The van der Waals surface area contributed by atoms with Crippen molar-refractivity contribution in [2.45, 2.75) is 46.4 Å². The molecule has 0 aliphatic heterocycles. The quantitative estimate of drug-likeness (QED) is 0.420. The summed E-state index contributed by atoms with van der Waals surface area (Å²) in [6.45, 7) is 8.90. The van der Waals surface area contributed by atoms with Gasteiger partial charge in [0.1, 0.15) is 18.0 Å². The van der Waals surface area contributed by atoms with E-state index in [9.17, 15) is 9.59 Å². The molecule has 6 nitrogen and oxygen atoms in total. The van der Waals surface area contributed by atoms with Gasteiger partial charge in [0, 0.05) is 18.0 Å². The standard InChI is InChI=1S/C27H32N2O4S/c1-20-11-13-21(14-12-20)19-32-24-10-6-5-9-23(24)25(30)29(18-22-8-7-17-34-22)16-15-28-26(31)33-27(2,3)4/h5-14,17H,15-16,18-19H2,1-4H3,(H,28,31). The molecule has 34 heavy (non-hydrogen) atoms. The minimum Gasteiger partial charge on any atom is -0.488 e. The van der Waals surface area contributed by atoms with Crippen molar-refractivity contribution >= 4 is 23.3 Å². The second kappa shape index (κ2) is 11.7. The highest BCUT2D eigenvalue weighted by Gasteiger charge is 2.21. The van der Waals surface area contributed by atoms with Crippen LogP contribution in [0, 0.1) is 6.92 Å². The van der Waals surface area contributed by atoms with Crippen LogP contribution in [-0.4, -0.2) is 35.6 Å². The number of para-hydroxylation sites is 1. The normalized spacial score (nSPS) is 11.1. The van der Waals surface area contributed by atoms with Crippen molar-refractivity contribution in [2.75, 3.05) is 13.1 Å². The molecule has 3 aromatic rings. The first-order valence-electron chi connectivity index (χ1n) is 11.3. The third kappa shape index (κ3) is 7.92. The summed E-state index contributed by atoms with van der Waals surface area (Å²) in [6, 6.07) is 19.3. The summed E-state index contributed by atoms with van der Waals surface area (Å²) in [6.07, 6.45) is -0.502. The van der Waals surface area contributed by atoms with Crippen molar-refractivity contribution in [1.82, 2.24) is 10.2 Å². The van der Waals surface area contributed by atoms with Crippen molar-refractivity contribution in [1.29, 1.82) is 0 Å². The highest BCUT2D eigenvalue weighted by molar-refractivity contribution is 7.09. The van der Waals surface area contributed by atoms with Crippen molar-refractivity contribution in [3.63, 3.8) is 0 Å². The first-order valence-corrected chi connectivity index (χ1v) is 12.1. The van der Waals surface area contributed by atoms with Gasteiger partial charge in [-0.15, -0.1) is 11.3 Å². The lowest BCUT2D eigenvalue weighted by atomic mass is 10.1. The lowest BCUT2D eigenvalue weighted by Gasteiger charge is -2.24. The van der Waals surface area contributed by atoms with Crippen molar-refractivity contribution < 1.29 is 19.1 Å². The second-order valence-corrected chi connectivity index (χ2v) is 10.0. The highest BCUT2D eigenvalue weighted by Crippen LogP contribution is 2.23. The Kier molecular flexibility index (Phi) is 8.71. The largest absolute Gasteiger partial charge is 0.488 e. The maximum absolute atomic E-state index is 13.6. The number of nitrogens with one attached hydrogen (secondary N) is 1. The number of ether oxygens (including phenoxy) is 2. The van der Waals surface area contributed by atoms with E-state index >= 15 is 0 Å². The predicted octanol–water partition coefficient (Wildman–Crippen LogP) is 5.80. The molecular formula is C27H32N2O4S. The predicted molar refractivity (Wildman–Crippen MR) is 135 cm³/mol. The van der Waals surface area contributed by atoms with Crippen molar-refractivity contribution in [3.05, 3.63) is 87.6 Å². The molecular weight excluding hydrogens is 448 g/mol. The first kappa shape index (κ1) is 25.3. The average Bonchev–Trinajstić information content (AvgIpc) is 3.30. The fourth-order valence-electron chi connectivity index (χ4n) is 3.24. The van der Waals surface area contributed by atoms with Gasteiger partial charge in [-0.1, -0.05) is 48.0 Å². The number of thiophene rings is 1. The molecule has 2 aromatic carbocycles. The number of carbonyl (C=O) groups excluding carboxylic acids is 2. The Balaban J connectivity index is 1.71. The molecule has 7 heteroatoms. The van der Waals surface area contributed by atoms with E-state index in [1.165, 1.54) is 5.56 Å². The van der Waals surface area contributed by atoms with Crippen LogP contribution in [0.3, 0.4) is 0 Å². The summed E-state index contributed by atoms with van der Waals surface area (Å²) < 4.78 is 11.3. The summed E-state index contributed by atoms with van der Waals surface area (Å²) in [5, 5.41) is 4.72. The summed E-state index contributed by atoms with van der Waals surface area (Å²) >= 11 is 1.59. The van der Waals surface area contributed by atoms with Gasteiger partial charge in [-0.05, 0) is 56.8 Å². The Morgan fingerprint density at radius 3 is 2.41 bits per heavy atom. The smallest absolute Gasteiger partial charge is 0.407 e. The number of alkyl carbamates (subject to hydrolysis) is 1. The lowest BCUT2D eigenvalue weighted by Crippen LogP contribution is -2.40. The van der Waals surface area contributed by atoms with Crippen LogP contribution in [0.25, 0.3) is 0 Å². The summed E-state index contributed by atoms with van der Waals surface area (Å²) in [5.41, 5.74) is 2.13. The molecule has 0 spiro atoms. The van der Waals surface area contributed by atoms with E-state index < -0.39 is 11.7 Å². The van der Waals surface area contributed by atoms with Gasteiger partial charge in [-0.2, -0.15) is 0 Å². The summed E-state index contributed by atoms with van der Waals surface area (Å²) in [7, 11) is 0. The molecule has 1 heterocycles. The fraction of sp³-hybridized carbons (Fsp3) is 0.333. The molecule has 0 unspecified atom stereocenters. The van der Waals surface area contributed by atoms with E-state index in [0.29, 0.717) is 31.0 Å². The number of aryl methyl sites for hydroxylation is 1. The Morgan fingerprint density at radius 2 is 1.74 bits per heavy atom. The van der Waals surface area contributed by atoms with Gasteiger partial charge >= 0.3 is 6.09 Å². The zero-order valence-corrected chi connectivity index (χ0v) is 21.0. The van der Waals surface area contributed by atoms with Crippen molar-refractivity contribution in [3.8, 4) is 5.75 Å². The number of hydrogen-bond acceptors (Lipinski definition) is 5. The van der Waals surface area contributed by atoms with Crippen LogP contribution in [0.5, 0.6) is 5.75 Å². The van der Waals surface area contributed by atoms with Gasteiger partial charge in [-0.3, -0.25) is 4.79 Å². The molecule has 1 N–H and O–H groups in total. The number of carbonyl (C=O) groups is 2. The van der Waals surface area contributed by atoms with Gasteiger partial charge in [0.25, 0.3) is 5.91 Å². The molecule has 2 amide bonds. The first-order chi connectivity index (χ1) is 16.2. The number of hydrogen-bond donors (Lipinski definition) is 1. The number of rotatable bonds is 9. The topological polar surface area (TPSA) is 67.9 Å². The van der Waals surface area contributed by atoms with E-state index in [1.54, 1.807) is 22.3 Å². The van der Waals surface area contributed by atoms with Crippen LogP contribution in [0.2, 0.25) is 0 Å². The molecule has 0 atom stereocenters. The van der Waals surface area contributed by atoms with Gasteiger partial charge in [-0.25, -0.2) is 4.79 Å². The molecule has 0 bridgehead atoms. The van der Waals surface area contributed by atoms with Gasteiger partial charge in [0.2, 0.25) is 0 Å². The zero-order valence-electron chi connectivity index (χ0n) is 20.2. The fourth-order valence-corrected chi connectivity index (χ4v) is 3.95. The molecule has 0 saturated heterocycles. The van der Waals surface area contributed by atoms with Crippen molar-refractivity contribution in [2.24, 2.45) is 0 Å². The van der Waals surface area contributed by atoms with Crippen LogP contribution in [0.15, 0.2) is 66.0 Å². The van der Waals surface area contributed by atoms with Crippen LogP contribution < -0.4 is 10.1 Å². The highest BCUT2D eigenvalue weighted by atomic mass is 32.1. The Bertz CT molecular complexity index is 1070. The van der Waals surface area contributed by atoms with E-state index in [4.69, 9.17) is 9.47 Å². The van der Waals surface area contributed by atoms with Gasteiger partial charge in [0.05, 0.1) is 12.1 Å². The minimum atomic E-state index is -0.579. The number of nitrogens with zero attached hydrogens (tertiary/aromatic N) is 1. The molecule has 0 aliphatic carbocycles. The third-order valence-electron chi connectivity index (χ3n) is 4.90. The monoisotopic (exact) mass is 480 g/mol. The maximum atomic E-state index is 13.6. The molecule has 180 valence electrons. The Hall–Kier alpha value is -3.32. The van der Waals surface area contributed by atoms with Gasteiger partial charge in [0.15, 0.2) is 0 Å². The second-order valence-electron chi connectivity index (χ2n) is 9.01. The van der Waals surface area contributed by atoms with Gasteiger partial charge < -0.3 is 19.7 Å². The Labute approximate surface area is 205 Å². The SMILES string of the molecule is Cc1ccc(COc2ccccc2C(=O)N(CCNC(=O)OC(C)(C)C)Cc2cccs2)cc1. The van der Waals surface area contributed by atoms with E-state index in [-0.39, 0.29) is 12.5 Å². The van der Waals surface area contributed by atoms with E-state index in [0.717, 1.165) is 10.4 Å². The molecule has 3 rings (SSSR count). The van der Waals surface area contributed by atoms with E-state index in [1.807, 2.05) is 87.7 Å². The lowest BCUT2D eigenvalue weighted by molar-refractivity contribution is 0.0512. The zero-order chi connectivity index (χ0) is 24.6. The van der Waals surface area contributed by atoms with E-state index in [2.05, 4.69) is 5.32 Å². The van der Waals surface area contributed by atoms with Crippen LogP contribution in [-0.2, 0) is 17.9 Å². The number of amides is 2.